The third kappa shape index (κ3) is 4.43. The predicted octanol–water partition coefficient (Wildman–Crippen LogP) is 1.68. The van der Waals surface area contributed by atoms with Gasteiger partial charge in [-0.3, -0.25) is 0 Å². The summed E-state index contributed by atoms with van der Waals surface area (Å²) < 4.78 is 10.4. The molecule has 0 spiro atoms. The maximum absolute atomic E-state index is 9.78. The summed E-state index contributed by atoms with van der Waals surface area (Å²) in [5, 5.41) is 21.6. The van der Waals surface area contributed by atoms with Crippen LogP contribution in [0.25, 0.3) is 0 Å². The van der Waals surface area contributed by atoms with E-state index in [4.69, 9.17) is 14.4 Å². The number of aliphatic hydroxyl groups is 1. The van der Waals surface area contributed by atoms with Crippen molar-refractivity contribution in [3.8, 4) is 11.8 Å². The molecule has 0 saturated carbocycles. The Balaban J connectivity index is 1.66. The predicted molar refractivity (Wildman–Crippen MR) is 73.1 cm³/mol. The first-order valence-corrected chi connectivity index (χ1v) is 6.31. The fourth-order valence-electron chi connectivity index (χ4n) is 1.65. The molecule has 0 saturated heterocycles. The zero-order valence-corrected chi connectivity index (χ0v) is 11.0. The van der Waals surface area contributed by atoms with E-state index < -0.39 is 6.10 Å². The SMILES string of the molecule is N#Cc1ccc(OCC(O)CNCc2ccoc2)cc1. The van der Waals surface area contributed by atoms with Gasteiger partial charge in [-0.05, 0) is 30.3 Å². The number of rotatable bonds is 7. The van der Waals surface area contributed by atoms with E-state index in [-0.39, 0.29) is 6.61 Å². The lowest BCUT2D eigenvalue weighted by Gasteiger charge is -2.13. The van der Waals surface area contributed by atoms with Gasteiger partial charge in [-0.1, -0.05) is 0 Å². The molecule has 0 amide bonds. The summed E-state index contributed by atoms with van der Waals surface area (Å²) in [5.74, 6) is 0.637. The number of benzene rings is 1. The Morgan fingerprint density at radius 1 is 1.30 bits per heavy atom. The minimum Gasteiger partial charge on any atom is -0.491 e. The van der Waals surface area contributed by atoms with E-state index in [0.29, 0.717) is 24.4 Å². The van der Waals surface area contributed by atoms with Gasteiger partial charge < -0.3 is 19.6 Å². The largest absolute Gasteiger partial charge is 0.491 e. The van der Waals surface area contributed by atoms with E-state index in [0.717, 1.165) is 5.56 Å². The first kappa shape index (κ1) is 14.1. The van der Waals surface area contributed by atoms with Crippen molar-refractivity contribution >= 4 is 0 Å². The fraction of sp³-hybridized carbons (Fsp3) is 0.267. The minimum atomic E-state index is -0.599. The summed E-state index contributed by atoms with van der Waals surface area (Å²) in [6.07, 6.45) is 2.67. The second-order valence-electron chi connectivity index (χ2n) is 4.36. The molecule has 5 heteroatoms. The summed E-state index contributed by atoms with van der Waals surface area (Å²) >= 11 is 0. The first-order chi connectivity index (χ1) is 9.78. The van der Waals surface area contributed by atoms with Crippen LogP contribution in [0.15, 0.2) is 47.3 Å². The molecule has 0 aliphatic heterocycles. The maximum Gasteiger partial charge on any atom is 0.119 e. The average molecular weight is 272 g/mol. The third-order valence-corrected chi connectivity index (χ3v) is 2.71. The monoisotopic (exact) mass is 272 g/mol. The smallest absolute Gasteiger partial charge is 0.119 e. The number of aliphatic hydroxyl groups excluding tert-OH is 1. The van der Waals surface area contributed by atoms with E-state index in [9.17, 15) is 5.11 Å². The highest BCUT2D eigenvalue weighted by atomic mass is 16.5. The molecule has 2 aromatic rings. The number of nitrogens with one attached hydrogen (secondary N) is 1. The number of ether oxygens (including phenoxy) is 1. The second kappa shape index (κ2) is 7.34. The summed E-state index contributed by atoms with van der Waals surface area (Å²) in [7, 11) is 0. The lowest BCUT2D eigenvalue weighted by molar-refractivity contribution is 0.106. The van der Waals surface area contributed by atoms with Crippen molar-refractivity contribution in [1.82, 2.24) is 5.32 Å². The van der Waals surface area contributed by atoms with Gasteiger partial charge in [-0.2, -0.15) is 5.26 Å². The zero-order chi connectivity index (χ0) is 14.2. The summed E-state index contributed by atoms with van der Waals surface area (Å²) in [4.78, 5) is 0. The van der Waals surface area contributed by atoms with Gasteiger partial charge in [-0.15, -0.1) is 0 Å². The molecular weight excluding hydrogens is 256 g/mol. The highest BCUT2D eigenvalue weighted by Gasteiger charge is 2.05. The molecule has 1 heterocycles. The number of hydrogen-bond acceptors (Lipinski definition) is 5. The van der Waals surface area contributed by atoms with Crippen molar-refractivity contribution in [2.45, 2.75) is 12.6 Å². The van der Waals surface area contributed by atoms with Crippen LogP contribution in [0, 0.1) is 11.3 Å². The molecule has 0 aliphatic carbocycles. The Hall–Kier alpha value is -2.29. The quantitative estimate of drug-likeness (QED) is 0.801. The molecule has 2 N–H and O–H groups in total. The van der Waals surface area contributed by atoms with Crippen LogP contribution in [0.2, 0.25) is 0 Å². The Morgan fingerprint density at radius 2 is 2.10 bits per heavy atom. The van der Waals surface area contributed by atoms with Gasteiger partial charge in [0.05, 0.1) is 24.2 Å². The Kier molecular flexibility index (Phi) is 5.18. The molecular formula is C15H16N2O3. The molecule has 2 rings (SSSR count). The molecule has 104 valence electrons. The van der Waals surface area contributed by atoms with Crippen molar-refractivity contribution in [3.63, 3.8) is 0 Å². The van der Waals surface area contributed by atoms with Gasteiger partial charge in [0.1, 0.15) is 18.5 Å². The van der Waals surface area contributed by atoms with Gasteiger partial charge in [-0.25, -0.2) is 0 Å². The third-order valence-electron chi connectivity index (χ3n) is 2.71. The fourth-order valence-corrected chi connectivity index (χ4v) is 1.65. The topological polar surface area (TPSA) is 78.4 Å². The van der Waals surface area contributed by atoms with E-state index in [2.05, 4.69) is 5.32 Å². The summed E-state index contributed by atoms with van der Waals surface area (Å²) in [5.41, 5.74) is 1.62. The Labute approximate surface area is 117 Å². The minimum absolute atomic E-state index is 0.199. The van der Waals surface area contributed by atoms with Crippen LogP contribution in [0.5, 0.6) is 5.75 Å². The second-order valence-corrected chi connectivity index (χ2v) is 4.36. The molecule has 0 aliphatic rings. The van der Waals surface area contributed by atoms with E-state index in [1.54, 1.807) is 36.8 Å². The first-order valence-electron chi connectivity index (χ1n) is 6.31. The Morgan fingerprint density at radius 3 is 2.75 bits per heavy atom. The molecule has 0 radical (unpaired) electrons. The molecule has 1 aromatic heterocycles. The van der Waals surface area contributed by atoms with Crippen LogP contribution in [0.3, 0.4) is 0 Å². The van der Waals surface area contributed by atoms with Gasteiger partial charge in [0.2, 0.25) is 0 Å². The van der Waals surface area contributed by atoms with Crippen molar-refractivity contribution in [3.05, 3.63) is 54.0 Å². The standard InChI is InChI=1S/C15H16N2O3/c16-7-12-1-3-15(4-2-12)20-11-14(18)9-17-8-13-5-6-19-10-13/h1-6,10,14,17-18H,8-9,11H2. The van der Waals surface area contributed by atoms with Crippen LogP contribution in [0.1, 0.15) is 11.1 Å². The molecule has 0 fully saturated rings. The van der Waals surface area contributed by atoms with Crippen molar-refractivity contribution in [2.75, 3.05) is 13.2 Å². The zero-order valence-electron chi connectivity index (χ0n) is 11.0. The summed E-state index contributed by atoms with van der Waals surface area (Å²) in [6.45, 7) is 1.27. The highest BCUT2D eigenvalue weighted by molar-refractivity contribution is 5.34. The van der Waals surface area contributed by atoms with Crippen molar-refractivity contribution < 1.29 is 14.3 Å². The van der Waals surface area contributed by atoms with Crippen LogP contribution in [-0.2, 0) is 6.54 Å². The summed E-state index contributed by atoms with van der Waals surface area (Å²) in [6, 6.07) is 10.7. The van der Waals surface area contributed by atoms with Crippen LogP contribution < -0.4 is 10.1 Å². The number of nitrogens with zero attached hydrogens (tertiary/aromatic N) is 1. The van der Waals surface area contributed by atoms with Crippen LogP contribution in [-0.4, -0.2) is 24.4 Å². The molecule has 0 bridgehead atoms. The highest BCUT2D eigenvalue weighted by Crippen LogP contribution is 2.11. The number of nitriles is 1. The van der Waals surface area contributed by atoms with E-state index in [1.165, 1.54) is 0 Å². The van der Waals surface area contributed by atoms with E-state index in [1.807, 2.05) is 12.1 Å². The molecule has 1 aromatic carbocycles. The molecule has 1 unspecified atom stereocenters. The maximum atomic E-state index is 9.78. The normalized spacial score (nSPS) is 11.8. The van der Waals surface area contributed by atoms with Crippen molar-refractivity contribution in [2.24, 2.45) is 0 Å². The molecule has 1 atom stereocenters. The van der Waals surface area contributed by atoms with E-state index >= 15 is 0 Å². The van der Waals surface area contributed by atoms with Gasteiger partial charge in [0.25, 0.3) is 0 Å². The van der Waals surface area contributed by atoms with Crippen LogP contribution in [0.4, 0.5) is 0 Å². The number of hydrogen-bond donors (Lipinski definition) is 2. The van der Waals surface area contributed by atoms with Gasteiger partial charge in [0, 0.05) is 18.7 Å². The molecule has 5 nitrogen and oxygen atoms in total. The van der Waals surface area contributed by atoms with Crippen molar-refractivity contribution in [1.29, 1.82) is 5.26 Å². The average Bonchev–Trinajstić information content (AvgIpc) is 2.99. The van der Waals surface area contributed by atoms with Gasteiger partial charge in [0.15, 0.2) is 0 Å². The lowest BCUT2D eigenvalue weighted by atomic mass is 10.2. The number of furan rings is 1. The molecule has 20 heavy (non-hydrogen) atoms. The van der Waals surface area contributed by atoms with Gasteiger partial charge >= 0.3 is 0 Å². The lowest BCUT2D eigenvalue weighted by Crippen LogP contribution is -2.31. The Bertz CT molecular complexity index is 543. The van der Waals surface area contributed by atoms with Crippen LogP contribution >= 0.6 is 0 Å².